The maximum absolute atomic E-state index is 4.69. The van der Waals surface area contributed by atoms with Crippen LogP contribution >= 0.6 is 11.3 Å². The van der Waals surface area contributed by atoms with Gasteiger partial charge in [-0.2, -0.15) is 11.0 Å². The Balaban J connectivity index is 0.00000182. The van der Waals surface area contributed by atoms with Gasteiger partial charge in [-0.25, -0.2) is 0 Å². The Kier molecular flexibility index (Phi) is 5.06. The molecule has 1 aliphatic heterocycles. The lowest BCUT2D eigenvalue weighted by Crippen LogP contribution is -3.00. The van der Waals surface area contributed by atoms with E-state index in [1.54, 1.807) is 11.3 Å². The SMILES string of the molecule is Cc1nc([N+]2=C(c3ccccc3)NN(c3ccccc3)N2)sc1C.[Br-]. The van der Waals surface area contributed by atoms with E-state index < -0.39 is 0 Å². The van der Waals surface area contributed by atoms with E-state index in [4.69, 9.17) is 4.98 Å². The summed E-state index contributed by atoms with van der Waals surface area (Å²) in [6, 6.07) is 20.4. The Morgan fingerprint density at radius 1 is 0.960 bits per heavy atom. The number of hydrogen-bond acceptors (Lipinski definition) is 5. The highest BCUT2D eigenvalue weighted by molar-refractivity contribution is 7.14. The maximum atomic E-state index is 4.69. The molecule has 0 amide bonds. The first kappa shape index (κ1) is 17.4. The van der Waals surface area contributed by atoms with E-state index >= 15 is 0 Å². The van der Waals surface area contributed by atoms with Gasteiger partial charge >= 0.3 is 5.13 Å². The van der Waals surface area contributed by atoms with Crippen LogP contribution in [0.15, 0.2) is 60.7 Å². The molecule has 7 heteroatoms. The fourth-order valence-corrected chi connectivity index (χ4v) is 3.38. The molecule has 128 valence electrons. The molecule has 0 aliphatic carbocycles. The van der Waals surface area contributed by atoms with Gasteiger partial charge < -0.3 is 17.0 Å². The van der Waals surface area contributed by atoms with Crippen LogP contribution in [0.2, 0.25) is 0 Å². The minimum absolute atomic E-state index is 0. The average molecular weight is 416 g/mol. The van der Waals surface area contributed by atoms with Crippen LogP contribution in [0.4, 0.5) is 10.8 Å². The molecule has 5 nitrogen and oxygen atoms in total. The van der Waals surface area contributed by atoms with Gasteiger partial charge in [0.05, 0.1) is 11.3 Å². The van der Waals surface area contributed by atoms with Crippen molar-refractivity contribution in [2.24, 2.45) is 0 Å². The number of hydrazone groups is 1. The number of aryl methyl sites for hydroxylation is 2. The van der Waals surface area contributed by atoms with Gasteiger partial charge in [-0.3, -0.25) is 0 Å². The predicted octanol–water partition coefficient (Wildman–Crippen LogP) is 0.299. The van der Waals surface area contributed by atoms with Crippen molar-refractivity contribution in [3.05, 3.63) is 76.8 Å². The van der Waals surface area contributed by atoms with E-state index in [0.29, 0.717) is 0 Å². The number of aromatic nitrogens is 1. The molecule has 2 N–H and O–H groups in total. The van der Waals surface area contributed by atoms with Crippen molar-refractivity contribution in [2.75, 3.05) is 5.12 Å². The summed E-state index contributed by atoms with van der Waals surface area (Å²) in [4.78, 5) is 5.91. The van der Waals surface area contributed by atoms with Crippen LogP contribution in [0, 0.1) is 13.8 Å². The van der Waals surface area contributed by atoms with Crippen LogP contribution in [-0.4, -0.2) is 15.5 Å². The Morgan fingerprint density at radius 3 is 2.20 bits per heavy atom. The number of hydrazine groups is 3. The average Bonchev–Trinajstić information content (AvgIpc) is 3.21. The first-order valence-electron chi connectivity index (χ1n) is 7.77. The summed E-state index contributed by atoms with van der Waals surface area (Å²) in [5, 5.41) is 2.81. The van der Waals surface area contributed by atoms with Crippen LogP contribution in [0.1, 0.15) is 16.1 Å². The van der Waals surface area contributed by atoms with Gasteiger partial charge in [-0.15, -0.1) is 5.12 Å². The lowest BCUT2D eigenvalue weighted by Gasteiger charge is -2.14. The number of nitrogens with zero attached hydrogens (tertiary/aromatic N) is 3. The molecular formula is C18H18BrN5S. The summed E-state index contributed by atoms with van der Waals surface area (Å²) in [6.45, 7) is 4.13. The van der Waals surface area contributed by atoms with Gasteiger partial charge in [0.15, 0.2) is 0 Å². The quantitative estimate of drug-likeness (QED) is 0.603. The molecule has 0 unspecified atom stereocenters. The van der Waals surface area contributed by atoms with E-state index in [2.05, 4.69) is 30.0 Å². The summed E-state index contributed by atoms with van der Waals surface area (Å²) < 4.78 is 1.99. The van der Waals surface area contributed by atoms with Gasteiger partial charge in [-0.1, -0.05) is 57.4 Å². The van der Waals surface area contributed by atoms with Crippen molar-refractivity contribution in [3.63, 3.8) is 0 Å². The van der Waals surface area contributed by atoms with Gasteiger partial charge in [-0.05, 0) is 38.1 Å². The number of nitrogens with one attached hydrogen (secondary N) is 2. The molecule has 2 aromatic carbocycles. The van der Waals surface area contributed by atoms with Crippen molar-refractivity contribution in [3.8, 4) is 0 Å². The summed E-state index contributed by atoms with van der Waals surface area (Å²) in [5.41, 5.74) is 9.99. The smallest absolute Gasteiger partial charge is 0.345 e. The molecule has 2 heterocycles. The molecule has 3 aromatic rings. The van der Waals surface area contributed by atoms with Crippen LogP contribution in [-0.2, 0) is 0 Å². The molecule has 25 heavy (non-hydrogen) atoms. The summed E-state index contributed by atoms with van der Waals surface area (Å²) in [6.07, 6.45) is 0. The van der Waals surface area contributed by atoms with E-state index in [0.717, 1.165) is 27.9 Å². The standard InChI is InChI=1S/C18H17N5S.BrH/c1-13-14(2)24-18(19-13)22-17(15-9-5-3-6-10-15)20-23(21-22)16-11-7-4-8-12-16;/h3-12,21H,1-2H3;1H. The van der Waals surface area contributed by atoms with Crippen LogP contribution in [0.25, 0.3) is 0 Å². The Labute approximate surface area is 161 Å². The summed E-state index contributed by atoms with van der Waals surface area (Å²) in [5.74, 6) is 0.952. The highest BCUT2D eigenvalue weighted by atomic mass is 79.9. The molecular weight excluding hydrogens is 398 g/mol. The molecule has 1 aromatic heterocycles. The number of rotatable bonds is 3. The van der Waals surface area contributed by atoms with E-state index in [-0.39, 0.29) is 17.0 Å². The molecule has 0 saturated heterocycles. The molecule has 0 spiro atoms. The molecule has 0 saturated carbocycles. The van der Waals surface area contributed by atoms with Crippen LogP contribution in [0.5, 0.6) is 0 Å². The van der Waals surface area contributed by atoms with Gasteiger partial charge in [0.1, 0.15) is 5.69 Å². The summed E-state index contributed by atoms with van der Waals surface area (Å²) in [7, 11) is 0. The predicted molar refractivity (Wildman–Crippen MR) is 97.3 cm³/mol. The van der Waals surface area contributed by atoms with E-state index in [9.17, 15) is 0 Å². The highest BCUT2D eigenvalue weighted by Gasteiger charge is 2.31. The van der Waals surface area contributed by atoms with Crippen LogP contribution < -0.4 is 33.1 Å². The third-order valence-electron chi connectivity index (χ3n) is 3.91. The number of hydrogen-bond donors (Lipinski definition) is 2. The fourth-order valence-electron chi connectivity index (χ4n) is 2.51. The number of anilines is 1. The molecule has 0 fully saturated rings. The highest BCUT2D eigenvalue weighted by Crippen LogP contribution is 2.25. The van der Waals surface area contributed by atoms with Gasteiger partial charge in [0.2, 0.25) is 0 Å². The Bertz CT molecular complexity index is 873. The second-order valence-electron chi connectivity index (χ2n) is 5.57. The third-order valence-corrected chi connectivity index (χ3v) is 4.97. The molecule has 4 rings (SSSR count). The second kappa shape index (κ2) is 7.25. The largest absolute Gasteiger partial charge is 1.00 e. The third kappa shape index (κ3) is 3.38. The van der Waals surface area contributed by atoms with Gasteiger partial charge in [0, 0.05) is 4.88 Å². The first-order chi connectivity index (χ1) is 11.7. The minimum atomic E-state index is 0. The zero-order valence-electron chi connectivity index (χ0n) is 13.9. The molecule has 1 aliphatic rings. The molecule has 0 bridgehead atoms. The van der Waals surface area contributed by atoms with Crippen molar-refractivity contribution in [2.45, 2.75) is 13.8 Å². The maximum Gasteiger partial charge on any atom is 0.345 e. The summed E-state index contributed by atoms with van der Waals surface area (Å²) >= 11 is 1.67. The van der Waals surface area contributed by atoms with Crippen molar-refractivity contribution in [1.82, 2.24) is 15.9 Å². The zero-order valence-corrected chi connectivity index (χ0v) is 16.3. The first-order valence-corrected chi connectivity index (χ1v) is 8.58. The number of benzene rings is 2. The lowest BCUT2D eigenvalue weighted by atomic mass is 10.2. The zero-order chi connectivity index (χ0) is 16.5. The molecule has 0 radical (unpaired) electrons. The van der Waals surface area contributed by atoms with Crippen molar-refractivity contribution < 1.29 is 21.7 Å². The van der Waals surface area contributed by atoms with Crippen LogP contribution in [0.3, 0.4) is 0 Å². The minimum Gasteiger partial charge on any atom is -1.00 e. The number of halogens is 1. The Hall–Kier alpha value is -2.38. The van der Waals surface area contributed by atoms with E-state index in [1.807, 2.05) is 65.3 Å². The number of para-hydroxylation sites is 1. The Morgan fingerprint density at radius 2 is 1.60 bits per heavy atom. The topological polar surface area (TPSA) is 43.2 Å². The normalized spacial score (nSPS) is 13.3. The monoisotopic (exact) mass is 415 g/mol. The van der Waals surface area contributed by atoms with Gasteiger partial charge in [0.25, 0.3) is 5.84 Å². The lowest BCUT2D eigenvalue weighted by molar-refractivity contribution is -0.498. The van der Waals surface area contributed by atoms with Crippen molar-refractivity contribution >= 4 is 28.0 Å². The van der Waals surface area contributed by atoms with E-state index in [1.165, 1.54) is 4.88 Å². The number of amidine groups is 1. The fraction of sp³-hybridized carbons (Fsp3) is 0.111. The number of thiazole rings is 1. The van der Waals surface area contributed by atoms with Crippen molar-refractivity contribution in [1.29, 1.82) is 0 Å². The molecule has 0 atom stereocenters. The second-order valence-corrected chi connectivity index (χ2v) is 6.75.